The van der Waals surface area contributed by atoms with Gasteiger partial charge >= 0.3 is 0 Å². The van der Waals surface area contributed by atoms with Crippen molar-refractivity contribution in [2.24, 2.45) is 11.1 Å². The lowest BCUT2D eigenvalue weighted by Crippen LogP contribution is -2.43. The zero-order valence-electron chi connectivity index (χ0n) is 5.86. The first-order valence-electron chi connectivity index (χ1n) is 3.56. The maximum atomic E-state index is 12.3. The van der Waals surface area contributed by atoms with Gasteiger partial charge in [0.1, 0.15) is 6.17 Å². The van der Waals surface area contributed by atoms with Crippen LogP contribution in [0.25, 0.3) is 0 Å². The zero-order valence-corrected chi connectivity index (χ0v) is 5.86. The molecule has 1 rings (SSSR count). The number of halogens is 1. The third-order valence-corrected chi connectivity index (χ3v) is 2.49. The molecule has 0 amide bonds. The molecular formula is C7H14FN. The fourth-order valence-corrected chi connectivity index (χ4v) is 1.48. The summed E-state index contributed by atoms with van der Waals surface area (Å²) in [6.45, 7) is 2.74. The molecule has 0 radical (unpaired) electrons. The lowest BCUT2D eigenvalue weighted by molar-refractivity contribution is 0.0298. The average molecular weight is 131 g/mol. The van der Waals surface area contributed by atoms with E-state index in [1.165, 1.54) is 0 Å². The van der Waals surface area contributed by atoms with Crippen LogP contribution in [0, 0.1) is 5.41 Å². The van der Waals surface area contributed by atoms with E-state index in [2.05, 4.69) is 6.92 Å². The summed E-state index contributed by atoms with van der Waals surface area (Å²) in [5, 5.41) is 0. The highest BCUT2D eigenvalue weighted by atomic mass is 19.1. The lowest BCUT2D eigenvalue weighted by Gasteiger charge is -2.42. The average Bonchev–Trinajstić information content (AvgIpc) is 1.81. The molecule has 0 saturated heterocycles. The molecule has 0 spiro atoms. The van der Waals surface area contributed by atoms with Gasteiger partial charge in [-0.25, -0.2) is 4.39 Å². The van der Waals surface area contributed by atoms with Gasteiger partial charge in [-0.05, 0) is 31.2 Å². The van der Waals surface area contributed by atoms with E-state index in [9.17, 15) is 4.39 Å². The third-order valence-electron chi connectivity index (χ3n) is 2.49. The van der Waals surface area contributed by atoms with Crippen LogP contribution >= 0.6 is 0 Å². The Bertz CT molecular complexity index is 91.1. The molecular weight excluding hydrogens is 117 g/mol. The molecule has 1 fully saturated rings. The summed E-state index contributed by atoms with van der Waals surface area (Å²) in [5.74, 6) is 0. The minimum atomic E-state index is -0.562. The Morgan fingerprint density at radius 3 is 2.33 bits per heavy atom. The lowest BCUT2D eigenvalue weighted by atomic mass is 9.66. The summed E-state index contributed by atoms with van der Waals surface area (Å²) in [6.07, 6.45) is 1.86. The third kappa shape index (κ3) is 1.08. The van der Waals surface area contributed by atoms with Crippen molar-refractivity contribution in [3.05, 3.63) is 0 Å². The number of rotatable bonds is 2. The first kappa shape index (κ1) is 7.00. The van der Waals surface area contributed by atoms with Gasteiger partial charge in [0, 0.05) is 0 Å². The van der Waals surface area contributed by atoms with Crippen molar-refractivity contribution in [3.63, 3.8) is 0 Å². The van der Waals surface area contributed by atoms with E-state index in [-0.39, 0.29) is 5.41 Å². The second kappa shape index (κ2) is 2.25. The molecule has 0 atom stereocenters. The molecule has 1 nitrogen and oxygen atoms in total. The van der Waals surface area contributed by atoms with E-state index >= 15 is 0 Å². The molecule has 0 aliphatic heterocycles. The summed E-state index contributed by atoms with van der Waals surface area (Å²) in [7, 11) is 0. The fraction of sp³-hybridized carbons (Fsp3) is 1.00. The first-order valence-corrected chi connectivity index (χ1v) is 3.56. The van der Waals surface area contributed by atoms with Gasteiger partial charge in [-0.3, -0.25) is 0 Å². The van der Waals surface area contributed by atoms with Crippen LogP contribution in [0.1, 0.15) is 26.2 Å². The van der Waals surface area contributed by atoms with Crippen molar-refractivity contribution < 1.29 is 4.39 Å². The minimum absolute atomic E-state index is 0.180. The Hall–Kier alpha value is -0.110. The molecule has 0 aromatic carbocycles. The maximum absolute atomic E-state index is 12.3. The molecule has 54 valence electrons. The normalized spacial score (nSPS) is 42.3. The van der Waals surface area contributed by atoms with Crippen LogP contribution < -0.4 is 5.73 Å². The molecule has 0 heterocycles. The SMILES string of the molecule is CCC1(CN)CC(F)C1. The standard InChI is InChI=1S/C7H14FN/c1-2-7(5-9)3-6(8)4-7/h6H,2-5,9H2,1H3. The molecule has 0 aromatic rings. The van der Waals surface area contributed by atoms with Gasteiger partial charge in [-0.2, -0.15) is 0 Å². The molecule has 1 aliphatic carbocycles. The topological polar surface area (TPSA) is 26.0 Å². The zero-order chi connectivity index (χ0) is 6.91. The second-order valence-corrected chi connectivity index (χ2v) is 3.06. The van der Waals surface area contributed by atoms with Crippen LogP contribution in [0.15, 0.2) is 0 Å². The quantitative estimate of drug-likeness (QED) is 0.603. The monoisotopic (exact) mass is 131 g/mol. The van der Waals surface area contributed by atoms with Crippen LogP contribution in [0.4, 0.5) is 4.39 Å². The summed E-state index contributed by atoms with van der Waals surface area (Å²) in [4.78, 5) is 0. The van der Waals surface area contributed by atoms with E-state index in [1.54, 1.807) is 0 Å². The Kier molecular flexibility index (Phi) is 1.75. The van der Waals surface area contributed by atoms with E-state index in [0.29, 0.717) is 19.4 Å². The highest BCUT2D eigenvalue weighted by Crippen LogP contribution is 2.44. The second-order valence-electron chi connectivity index (χ2n) is 3.06. The van der Waals surface area contributed by atoms with Crippen LogP contribution in [0.5, 0.6) is 0 Å². The van der Waals surface area contributed by atoms with Crippen LogP contribution in [0.3, 0.4) is 0 Å². The Labute approximate surface area is 55.4 Å². The van der Waals surface area contributed by atoms with Gasteiger partial charge in [-0.1, -0.05) is 6.92 Å². The summed E-state index contributed by atoms with van der Waals surface area (Å²) >= 11 is 0. The minimum Gasteiger partial charge on any atom is -0.330 e. The van der Waals surface area contributed by atoms with Gasteiger partial charge in [0.15, 0.2) is 0 Å². The predicted molar refractivity (Wildman–Crippen MR) is 35.9 cm³/mol. The summed E-state index contributed by atoms with van der Waals surface area (Å²) in [5.41, 5.74) is 5.65. The molecule has 0 aromatic heterocycles. The van der Waals surface area contributed by atoms with Crippen molar-refractivity contribution in [3.8, 4) is 0 Å². The molecule has 0 bridgehead atoms. The van der Waals surface area contributed by atoms with Crippen molar-refractivity contribution in [1.29, 1.82) is 0 Å². The van der Waals surface area contributed by atoms with Gasteiger partial charge in [0.2, 0.25) is 0 Å². The van der Waals surface area contributed by atoms with Gasteiger partial charge in [0.05, 0.1) is 0 Å². The molecule has 2 N–H and O–H groups in total. The highest BCUT2D eigenvalue weighted by molar-refractivity contribution is 4.93. The van der Waals surface area contributed by atoms with E-state index in [4.69, 9.17) is 5.73 Å². The predicted octanol–water partition coefficient (Wildman–Crippen LogP) is 1.47. The molecule has 1 aliphatic rings. The van der Waals surface area contributed by atoms with E-state index < -0.39 is 6.17 Å². The molecule has 1 saturated carbocycles. The first-order chi connectivity index (χ1) is 4.22. The van der Waals surface area contributed by atoms with E-state index in [1.807, 2.05) is 0 Å². The summed E-state index contributed by atoms with van der Waals surface area (Å²) in [6, 6.07) is 0. The number of alkyl halides is 1. The number of nitrogens with two attached hydrogens (primary N) is 1. The molecule has 2 heteroatoms. The Morgan fingerprint density at radius 1 is 1.67 bits per heavy atom. The molecule has 0 unspecified atom stereocenters. The maximum Gasteiger partial charge on any atom is 0.101 e. The van der Waals surface area contributed by atoms with Gasteiger partial charge in [-0.15, -0.1) is 0 Å². The Morgan fingerprint density at radius 2 is 2.22 bits per heavy atom. The van der Waals surface area contributed by atoms with Crippen molar-refractivity contribution in [2.45, 2.75) is 32.4 Å². The molecule has 9 heavy (non-hydrogen) atoms. The fourth-order valence-electron chi connectivity index (χ4n) is 1.48. The van der Waals surface area contributed by atoms with Crippen molar-refractivity contribution in [2.75, 3.05) is 6.54 Å². The van der Waals surface area contributed by atoms with Crippen LogP contribution in [-0.2, 0) is 0 Å². The van der Waals surface area contributed by atoms with E-state index in [0.717, 1.165) is 6.42 Å². The van der Waals surface area contributed by atoms with Crippen molar-refractivity contribution in [1.82, 2.24) is 0 Å². The Balaban J connectivity index is 2.36. The number of hydrogen-bond acceptors (Lipinski definition) is 1. The highest BCUT2D eigenvalue weighted by Gasteiger charge is 2.41. The largest absolute Gasteiger partial charge is 0.330 e. The smallest absolute Gasteiger partial charge is 0.101 e. The summed E-state index contributed by atoms with van der Waals surface area (Å²) < 4.78 is 12.3. The van der Waals surface area contributed by atoms with Gasteiger partial charge in [0.25, 0.3) is 0 Å². The van der Waals surface area contributed by atoms with Crippen molar-refractivity contribution >= 4 is 0 Å². The van der Waals surface area contributed by atoms with Gasteiger partial charge < -0.3 is 5.73 Å². The number of hydrogen-bond donors (Lipinski definition) is 1. The van der Waals surface area contributed by atoms with Crippen LogP contribution in [0.2, 0.25) is 0 Å². The van der Waals surface area contributed by atoms with Crippen LogP contribution in [-0.4, -0.2) is 12.7 Å².